The number of aliphatic hydroxyl groups excluding tert-OH is 3. The van der Waals surface area contributed by atoms with Crippen LogP contribution in [0.4, 0.5) is 0 Å². The largest absolute Gasteiger partial charge is 0.494 e. The van der Waals surface area contributed by atoms with Gasteiger partial charge in [0.05, 0.1) is 34.3 Å². The third kappa shape index (κ3) is 4.15. The number of hydrogen-bond acceptors (Lipinski definition) is 7. The second-order valence-corrected chi connectivity index (χ2v) is 9.09. The molecule has 3 aromatic rings. The molecule has 5 rings (SSSR count). The Kier molecular flexibility index (Phi) is 6.45. The molecule has 34 heavy (non-hydrogen) atoms. The minimum Gasteiger partial charge on any atom is -0.494 e. The van der Waals surface area contributed by atoms with Crippen molar-refractivity contribution >= 4 is 40.0 Å². The first-order valence-corrected chi connectivity index (χ1v) is 11.7. The molecule has 3 N–H and O–H groups in total. The van der Waals surface area contributed by atoms with E-state index in [4.69, 9.17) is 37.4 Å². The van der Waals surface area contributed by atoms with Gasteiger partial charge in [0.25, 0.3) is 0 Å². The van der Waals surface area contributed by atoms with Gasteiger partial charge in [0, 0.05) is 24.2 Å². The Labute approximate surface area is 205 Å². The van der Waals surface area contributed by atoms with Gasteiger partial charge in [-0.15, -0.1) is 0 Å². The highest BCUT2D eigenvalue weighted by Gasteiger charge is 2.49. The number of nitrogens with zero attached hydrogens (tertiary/aromatic N) is 2. The Balaban J connectivity index is 1.54. The monoisotopic (exact) mass is 506 g/mol. The van der Waals surface area contributed by atoms with E-state index in [1.54, 1.807) is 6.07 Å². The number of rotatable bonds is 6. The van der Waals surface area contributed by atoms with Crippen molar-refractivity contribution in [3.8, 4) is 5.75 Å². The van der Waals surface area contributed by atoms with Gasteiger partial charge in [0.1, 0.15) is 30.1 Å². The number of aromatic nitrogens is 1. The fourth-order valence-electron chi connectivity index (χ4n) is 4.37. The lowest BCUT2D eigenvalue weighted by atomic mass is 9.98. The minimum atomic E-state index is -1.26. The molecular weight excluding hydrogens is 483 g/mol. The molecule has 8 nitrogen and oxygen atoms in total. The fraction of sp³-hybridized carbons (Fsp3) is 0.375. The van der Waals surface area contributed by atoms with Gasteiger partial charge in [-0.3, -0.25) is 0 Å². The summed E-state index contributed by atoms with van der Waals surface area (Å²) in [5.41, 5.74) is 2.55. The van der Waals surface area contributed by atoms with E-state index < -0.39 is 37.3 Å². The minimum absolute atomic E-state index is 0.293. The summed E-state index contributed by atoms with van der Waals surface area (Å²) in [5, 5.41) is 32.0. The molecule has 0 aliphatic carbocycles. The summed E-state index contributed by atoms with van der Waals surface area (Å²) in [5.74, 6) is 1.02. The number of fused-ring (bicyclic) bond motifs is 2. The second kappa shape index (κ2) is 9.37. The highest BCUT2D eigenvalue weighted by atomic mass is 35.5. The van der Waals surface area contributed by atoms with E-state index in [1.165, 1.54) is 0 Å². The lowest BCUT2D eigenvalue weighted by molar-refractivity contribution is -0.234. The number of aliphatic imine (C=N–C) groups is 1. The van der Waals surface area contributed by atoms with E-state index in [0.717, 1.165) is 22.2 Å². The molecule has 10 heteroatoms. The van der Waals surface area contributed by atoms with Crippen molar-refractivity contribution in [3.63, 3.8) is 0 Å². The molecule has 0 spiro atoms. The summed E-state index contributed by atoms with van der Waals surface area (Å²) in [6, 6.07) is 10.4. The van der Waals surface area contributed by atoms with Gasteiger partial charge in [-0.2, -0.15) is 0 Å². The molecule has 1 aromatic heterocycles. The topological polar surface area (TPSA) is 106 Å². The average Bonchev–Trinajstić information content (AvgIpc) is 3.40. The van der Waals surface area contributed by atoms with Crippen molar-refractivity contribution < 1.29 is 29.5 Å². The van der Waals surface area contributed by atoms with Crippen LogP contribution < -0.4 is 4.74 Å². The molecule has 2 aliphatic heterocycles. The van der Waals surface area contributed by atoms with Crippen molar-refractivity contribution in [2.24, 2.45) is 4.99 Å². The normalized spacial score (nSPS) is 26.3. The molecule has 2 aromatic carbocycles. The molecular formula is C24H24Cl2N2O6. The van der Waals surface area contributed by atoms with Crippen molar-refractivity contribution in [3.05, 3.63) is 63.8 Å². The maximum Gasteiger partial charge on any atom is 0.227 e. The van der Waals surface area contributed by atoms with Crippen LogP contribution in [0.25, 0.3) is 10.9 Å². The summed E-state index contributed by atoms with van der Waals surface area (Å²) in [6.45, 7) is 2.53. The zero-order valence-corrected chi connectivity index (χ0v) is 19.8. The Bertz CT molecular complexity index is 1250. The Hall–Kier alpha value is -2.33. The van der Waals surface area contributed by atoms with Crippen LogP contribution >= 0.6 is 23.2 Å². The lowest BCUT2D eigenvalue weighted by Gasteiger charge is -2.36. The Morgan fingerprint density at radius 1 is 1.09 bits per heavy atom. The second-order valence-electron chi connectivity index (χ2n) is 8.28. The fourth-order valence-corrected chi connectivity index (χ4v) is 4.70. The van der Waals surface area contributed by atoms with Gasteiger partial charge < -0.3 is 34.1 Å². The van der Waals surface area contributed by atoms with E-state index in [9.17, 15) is 15.3 Å². The standard InChI is InChI=1S/C24H24Cl2N2O6/c1-2-32-13-4-5-14-15(23-27-20-22(31)21(30)19(11-29)33-24(20)34-23)10-28(18(14)8-13)9-12-3-6-16(25)17(26)7-12/h3-8,10,19-22,24,29-31H,2,9,11H2,1H3/t19-,20-,21-,22-,24-/m1/s1. The van der Waals surface area contributed by atoms with E-state index in [2.05, 4.69) is 4.99 Å². The van der Waals surface area contributed by atoms with Crippen LogP contribution in [-0.4, -0.2) is 69.6 Å². The third-order valence-electron chi connectivity index (χ3n) is 6.07. The average molecular weight is 507 g/mol. The van der Waals surface area contributed by atoms with Gasteiger partial charge >= 0.3 is 0 Å². The predicted molar refractivity (Wildman–Crippen MR) is 128 cm³/mol. The first kappa shape index (κ1) is 23.4. The Morgan fingerprint density at radius 3 is 2.65 bits per heavy atom. The smallest absolute Gasteiger partial charge is 0.227 e. The highest BCUT2D eigenvalue weighted by Crippen LogP contribution is 2.34. The van der Waals surface area contributed by atoms with E-state index in [1.807, 2.05) is 48.0 Å². The van der Waals surface area contributed by atoms with Crippen LogP contribution in [0, 0.1) is 0 Å². The number of hydrogen-bond donors (Lipinski definition) is 3. The van der Waals surface area contributed by atoms with Gasteiger partial charge in [0.15, 0.2) is 0 Å². The van der Waals surface area contributed by atoms with Crippen molar-refractivity contribution in [2.45, 2.75) is 44.1 Å². The molecule has 5 atom stereocenters. The maximum atomic E-state index is 10.5. The van der Waals surface area contributed by atoms with Crippen LogP contribution in [0.5, 0.6) is 5.75 Å². The zero-order chi connectivity index (χ0) is 24.0. The van der Waals surface area contributed by atoms with Gasteiger partial charge in [0.2, 0.25) is 12.2 Å². The third-order valence-corrected chi connectivity index (χ3v) is 6.81. The summed E-state index contributed by atoms with van der Waals surface area (Å²) in [4.78, 5) is 4.53. The van der Waals surface area contributed by atoms with E-state index in [0.29, 0.717) is 34.7 Å². The van der Waals surface area contributed by atoms with Gasteiger partial charge in [-0.25, -0.2) is 4.99 Å². The van der Waals surface area contributed by atoms with E-state index in [-0.39, 0.29) is 0 Å². The molecule has 1 saturated heterocycles. The first-order valence-electron chi connectivity index (χ1n) is 11.0. The zero-order valence-electron chi connectivity index (χ0n) is 18.3. The quantitative estimate of drug-likeness (QED) is 0.474. The molecule has 2 aliphatic rings. The van der Waals surface area contributed by atoms with Gasteiger partial charge in [-0.05, 0) is 36.8 Å². The van der Waals surface area contributed by atoms with Crippen LogP contribution in [0.15, 0.2) is 47.6 Å². The summed E-state index contributed by atoms with van der Waals surface area (Å²) in [7, 11) is 0. The number of aliphatic hydroxyl groups is 3. The molecule has 180 valence electrons. The van der Waals surface area contributed by atoms with Crippen LogP contribution in [-0.2, 0) is 16.0 Å². The van der Waals surface area contributed by atoms with Crippen molar-refractivity contribution in [2.75, 3.05) is 13.2 Å². The molecule has 1 fully saturated rings. The maximum absolute atomic E-state index is 10.5. The number of halogens is 2. The first-order chi connectivity index (χ1) is 16.4. The molecule has 0 saturated carbocycles. The lowest BCUT2D eigenvalue weighted by Crippen LogP contribution is -2.56. The van der Waals surface area contributed by atoms with Crippen LogP contribution in [0.1, 0.15) is 18.1 Å². The van der Waals surface area contributed by atoms with E-state index >= 15 is 0 Å². The summed E-state index contributed by atoms with van der Waals surface area (Å²) < 4.78 is 19.3. The highest BCUT2D eigenvalue weighted by molar-refractivity contribution is 6.42. The van der Waals surface area contributed by atoms with Crippen molar-refractivity contribution in [1.82, 2.24) is 4.57 Å². The molecule has 0 radical (unpaired) electrons. The number of ether oxygens (including phenoxy) is 3. The molecule has 0 bridgehead atoms. The molecule has 0 unspecified atom stereocenters. The number of benzene rings is 2. The van der Waals surface area contributed by atoms with Crippen LogP contribution in [0.2, 0.25) is 10.0 Å². The molecule has 3 heterocycles. The van der Waals surface area contributed by atoms with Gasteiger partial charge in [-0.1, -0.05) is 29.3 Å². The van der Waals surface area contributed by atoms with Crippen LogP contribution in [0.3, 0.4) is 0 Å². The summed E-state index contributed by atoms with van der Waals surface area (Å²) >= 11 is 12.3. The predicted octanol–water partition coefficient (Wildman–Crippen LogP) is 2.98. The summed E-state index contributed by atoms with van der Waals surface area (Å²) in [6.07, 6.45) is -2.42. The van der Waals surface area contributed by atoms with Crippen molar-refractivity contribution in [1.29, 1.82) is 0 Å². The molecule has 0 amide bonds. The SMILES string of the molecule is CCOc1ccc2c(C3=N[C@H]4[C@@H](O3)O[C@H](CO)[C@@H](O)[C@@H]4O)cn(Cc3ccc(Cl)c(Cl)c3)c2c1. The Morgan fingerprint density at radius 2 is 1.91 bits per heavy atom.